The highest BCUT2D eigenvalue weighted by Crippen LogP contribution is 2.32. The molecule has 164 valence electrons. The Bertz CT molecular complexity index is 1110. The molecule has 1 atom stereocenters. The van der Waals surface area contributed by atoms with Gasteiger partial charge in [-0.05, 0) is 66.4 Å². The van der Waals surface area contributed by atoms with E-state index in [1.165, 1.54) is 0 Å². The number of aryl methyl sites for hydroxylation is 1. The van der Waals surface area contributed by atoms with Crippen molar-refractivity contribution in [1.82, 2.24) is 0 Å². The molecule has 0 unspecified atom stereocenters. The van der Waals surface area contributed by atoms with Gasteiger partial charge < -0.3 is 15.0 Å². The molecule has 1 N–H and O–H groups in total. The summed E-state index contributed by atoms with van der Waals surface area (Å²) in [6.45, 7) is 6.72. The van der Waals surface area contributed by atoms with E-state index in [1.54, 1.807) is 4.90 Å². The maximum atomic E-state index is 12.7. The summed E-state index contributed by atoms with van der Waals surface area (Å²) in [6.07, 6.45) is 0.216. The van der Waals surface area contributed by atoms with Gasteiger partial charge in [0.2, 0.25) is 11.8 Å². The molecule has 1 saturated heterocycles. The van der Waals surface area contributed by atoms with Gasteiger partial charge in [0.15, 0.2) is 0 Å². The van der Waals surface area contributed by atoms with E-state index < -0.39 is 0 Å². The summed E-state index contributed by atoms with van der Waals surface area (Å²) in [5, 5.41) is 2.93. The molecule has 5 heteroatoms. The van der Waals surface area contributed by atoms with Crippen molar-refractivity contribution in [2.24, 2.45) is 5.92 Å². The predicted octanol–water partition coefficient (Wildman–Crippen LogP) is 5.90. The van der Waals surface area contributed by atoms with Crippen LogP contribution in [0.4, 0.5) is 11.4 Å². The van der Waals surface area contributed by atoms with Gasteiger partial charge in [0.25, 0.3) is 0 Å². The zero-order chi connectivity index (χ0) is 22.7. The topological polar surface area (TPSA) is 58.6 Å². The standard InChI is InChI=1S/C27H28N2O3/c1-18(2)24-14-9-19(3)15-25(24)32-23-12-10-21(11-13-23)28-27(31)20-16-26(30)29(17-20)22-7-5-4-6-8-22/h4-15,18,20H,16-17H2,1-3H3,(H,28,31)/t20-/m1/s1. The molecule has 0 aromatic heterocycles. The summed E-state index contributed by atoms with van der Waals surface area (Å²) in [6, 6.07) is 23.0. The van der Waals surface area contributed by atoms with Gasteiger partial charge in [-0.15, -0.1) is 0 Å². The number of hydrogen-bond acceptors (Lipinski definition) is 3. The third-order valence-electron chi connectivity index (χ3n) is 5.70. The molecule has 1 aliphatic heterocycles. The van der Waals surface area contributed by atoms with Crippen LogP contribution in [0.15, 0.2) is 72.8 Å². The van der Waals surface area contributed by atoms with Gasteiger partial charge in [0.05, 0.1) is 5.92 Å². The van der Waals surface area contributed by atoms with Gasteiger partial charge in [-0.2, -0.15) is 0 Å². The van der Waals surface area contributed by atoms with Crippen LogP contribution in [0.5, 0.6) is 11.5 Å². The van der Waals surface area contributed by atoms with Crippen LogP contribution in [-0.2, 0) is 9.59 Å². The molecule has 1 aliphatic rings. The molecule has 5 nitrogen and oxygen atoms in total. The van der Waals surface area contributed by atoms with Crippen molar-refractivity contribution in [3.05, 3.63) is 83.9 Å². The van der Waals surface area contributed by atoms with Crippen LogP contribution in [0, 0.1) is 12.8 Å². The van der Waals surface area contributed by atoms with E-state index in [9.17, 15) is 9.59 Å². The molecule has 0 radical (unpaired) electrons. The van der Waals surface area contributed by atoms with Crippen LogP contribution >= 0.6 is 0 Å². The zero-order valence-electron chi connectivity index (χ0n) is 18.7. The molecule has 3 aromatic rings. The second-order valence-electron chi connectivity index (χ2n) is 8.55. The minimum Gasteiger partial charge on any atom is -0.457 e. The first kappa shape index (κ1) is 21.6. The lowest BCUT2D eigenvalue weighted by Crippen LogP contribution is -2.28. The van der Waals surface area contributed by atoms with Gasteiger partial charge in [0, 0.05) is 24.3 Å². The van der Waals surface area contributed by atoms with Crippen LogP contribution in [0.2, 0.25) is 0 Å². The zero-order valence-corrected chi connectivity index (χ0v) is 18.7. The van der Waals surface area contributed by atoms with Crippen molar-refractivity contribution in [3.63, 3.8) is 0 Å². The smallest absolute Gasteiger partial charge is 0.229 e. The average molecular weight is 429 g/mol. The summed E-state index contributed by atoms with van der Waals surface area (Å²) < 4.78 is 6.12. The van der Waals surface area contributed by atoms with E-state index in [2.05, 4.69) is 31.3 Å². The number of nitrogens with zero attached hydrogens (tertiary/aromatic N) is 1. The molecule has 1 fully saturated rings. The highest BCUT2D eigenvalue weighted by Gasteiger charge is 2.35. The van der Waals surface area contributed by atoms with Crippen molar-refractivity contribution >= 4 is 23.2 Å². The predicted molar refractivity (Wildman–Crippen MR) is 127 cm³/mol. The molecule has 0 spiro atoms. The lowest BCUT2D eigenvalue weighted by Gasteiger charge is -2.17. The van der Waals surface area contributed by atoms with Gasteiger partial charge >= 0.3 is 0 Å². The number of ether oxygens (including phenoxy) is 1. The Morgan fingerprint density at radius 3 is 2.44 bits per heavy atom. The molecule has 2 amide bonds. The molecule has 32 heavy (non-hydrogen) atoms. The summed E-state index contributed by atoms with van der Waals surface area (Å²) in [5.41, 5.74) is 3.80. The largest absolute Gasteiger partial charge is 0.457 e. The van der Waals surface area contributed by atoms with E-state index in [-0.39, 0.29) is 24.2 Å². The molecule has 0 saturated carbocycles. The quantitative estimate of drug-likeness (QED) is 0.532. The van der Waals surface area contributed by atoms with Crippen molar-refractivity contribution in [3.8, 4) is 11.5 Å². The fraction of sp³-hybridized carbons (Fsp3) is 0.259. The second-order valence-corrected chi connectivity index (χ2v) is 8.55. The van der Waals surface area contributed by atoms with Crippen molar-refractivity contribution in [2.75, 3.05) is 16.8 Å². The highest BCUT2D eigenvalue weighted by molar-refractivity contribution is 6.03. The first-order valence-electron chi connectivity index (χ1n) is 11.0. The lowest BCUT2D eigenvalue weighted by molar-refractivity contribution is -0.122. The van der Waals surface area contributed by atoms with Crippen LogP contribution in [-0.4, -0.2) is 18.4 Å². The molecule has 3 aromatic carbocycles. The number of nitrogens with one attached hydrogen (secondary N) is 1. The maximum Gasteiger partial charge on any atom is 0.229 e. The van der Waals surface area contributed by atoms with Gasteiger partial charge in [0.1, 0.15) is 11.5 Å². The summed E-state index contributed by atoms with van der Waals surface area (Å²) in [7, 11) is 0. The summed E-state index contributed by atoms with van der Waals surface area (Å²) in [5.74, 6) is 1.36. The van der Waals surface area contributed by atoms with Gasteiger partial charge in [-0.3, -0.25) is 9.59 Å². The van der Waals surface area contributed by atoms with Crippen LogP contribution in [0.3, 0.4) is 0 Å². The normalized spacial score (nSPS) is 15.8. The second kappa shape index (κ2) is 9.27. The van der Waals surface area contributed by atoms with Crippen LogP contribution in [0.25, 0.3) is 0 Å². The number of para-hydroxylation sites is 1. The number of anilines is 2. The van der Waals surface area contributed by atoms with Crippen molar-refractivity contribution < 1.29 is 14.3 Å². The highest BCUT2D eigenvalue weighted by atomic mass is 16.5. The number of hydrogen-bond donors (Lipinski definition) is 1. The Kier molecular flexibility index (Phi) is 6.26. The van der Waals surface area contributed by atoms with E-state index in [1.807, 2.05) is 67.6 Å². The number of amides is 2. The Labute approximate surface area is 189 Å². The average Bonchev–Trinajstić information content (AvgIpc) is 3.17. The lowest BCUT2D eigenvalue weighted by atomic mass is 10.0. The van der Waals surface area contributed by atoms with Crippen molar-refractivity contribution in [2.45, 2.75) is 33.1 Å². The Morgan fingerprint density at radius 2 is 1.75 bits per heavy atom. The van der Waals surface area contributed by atoms with Gasteiger partial charge in [-0.1, -0.05) is 44.2 Å². The maximum absolute atomic E-state index is 12.7. The first-order chi connectivity index (χ1) is 15.4. The van der Waals surface area contributed by atoms with E-state index in [4.69, 9.17) is 4.74 Å². The van der Waals surface area contributed by atoms with Gasteiger partial charge in [-0.25, -0.2) is 0 Å². The number of carbonyl (C=O) groups is 2. The fourth-order valence-corrected chi connectivity index (χ4v) is 3.93. The van der Waals surface area contributed by atoms with E-state index in [0.717, 1.165) is 22.6 Å². The monoisotopic (exact) mass is 428 g/mol. The molecule has 0 bridgehead atoms. The third-order valence-corrected chi connectivity index (χ3v) is 5.70. The molecule has 0 aliphatic carbocycles. The molecular weight excluding hydrogens is 400 g/mol. The summed E-state index contributed by atoms with van der Waals surface area (Å²) in [4.78, 5) is 26.8. The Balaban J connectivity index is 1.40. The minimum atomic E-state index is -0.375. The third kappa shape index (κ3) is 4.83. The summed E-state index contributed by atoms with van der Waals surface area (Å²) >= 11 is 0. The molecule has 4 rings (SSSR count). The van der Waals surface area contributed by atoms with Crippen LogP contribution < -0.4 is 15.0 Å². The Morgan fingerprint density at radius 1 is 1.03 bits per heavy atom. The van der Waals surface area contributed by atoms with E-state index in [0.29, 0.717) is 23.9 Å². The van der Waals surface area contributed by atoms with Crippen LogP contribution in [0.1, 0.15) is 37.3 Å². The SMILES string of the molecule is Cc1ccc(C(C)C)c(Oc2ccc(NC(=O)[C@@H]3CC(=O)N(c4ccccc4)C3)cc2)c1. The number of carbonyl (C=O) groups excluding carboxylic acids is 2. The number of rotatable bonds is 6. The minimum absolute atomic E-state index is 0.0285. The fourth-order valence-electron chi connectivity index (χ4n) is 3.93. The van der Waals surface area contributed by atoms with Crippen molar-refractivity contribution in [1.29, 1.82) is 0 Å². The molecular formula is C27H28N2O3. The molecule has 1 heterocycles. The number of benzene rings is 3. The first-order valence-corrected chi connectivity index (χ1v) is 11.0. The Hall–Kier alpha value is -3.60. The van der Waals surface area contributed by atoms with E-state index >= 15 is 0 Å².